The molecule has 0 unspecified atom stereocenters. The molecule has 0 atom stereocenters. The van der Waals surface area contributed by atoms with Gasteiger partial charge in [-0.3, -0.25) is 9.59 Å². The van der Waals surface area contributed by atoms with E-state index in [9.17, 15) is 9.59 Å². The topological polar surface area (TPSA) is 85.9 Å². The standard InChI is InChI=1S/C26H28N2O5/c1-18-10-7-8-13-22(18)33-15-9-14-25(29)27-20-16-24(32-3)21(17-23(20)31-2)28-26(30)19-11-5-4-6-12-19/h4-8,10-13,16-17H,9,14-15H2,1-3H3,(H,27,29)(H,28,30). The van der Waals surface area contributed by atoms with E-state index in [1.54, 1.807) is 36.4 Å². The van der Waals surface area contributed by atoms with Gasteiger partial charge in [0.25, 0.3) is 5.91 Å². The van der Waals surface area contributed by atoms with Crippen LogP contribution in [0.25, 0.3) is 0 Å². The maximum atomic E-state index is 12.5. The largest absolute Gasteiger partial charge is 0.494 e. The Morgan fingerprint density at radius 3 is 2.03 bits per heavy atom. The van der Waals surface area contributed by atoms with E-state index >= 15 is 0 Å². The van der Waals surface area contributed by atoms with Crippen molar-refractivity contribution in [3.8, 4) is 17.2 Å². The number of benzene rings is 3. The summed E-state index contributed by atoms with van der Waals surface area (Å²) in [6.07, 6.45) is 0.842. The van der Waals surface area contributed by atoms with E-state index in [0.717, 1.165) is 11.3 Å². The first-order valence-electron chi connectivity index (χ1n) is 10.6. The fourth-order valence-electron chi connectivity index (χ4n) is 3.22. The Bertz CT molecular complexity index is 1100. The number of anilines is 2. The minimum Gasteiger partial charge on any atom is -0.494 e. The molecule has 0 bridgehead atoms. The molecule has 33 heavy (non-hydrogen) atoms. The highest BCUT2D eigenvalue weighted by molar-refractivity contribution is 6.05. The Balaban J connectivity index is 1.62. The zero-order valence-corrected chi connectivity index (χ0v) is 19.0. The van der Waals surface area contributed by atoms with Gasteiger partial charge in [-0.15, -0.1) is 0 Å². The number of hydrogen-bond donors (Lipinski definition) is 2. The van der Waals surface area contributed by atoms with Gasteiger partial charge in [0.1, 0.15) is 17.2 Å². The number of amides is 2. The molecule has 0 heterocycles. The van der Waals surface area contributed by atoms with Crippen molar-refractivity contribution in [2.24, 2.45) is 0 Å². The maximum absolute atomic E-state index is 12.5. The van der Waals surface area contributed by atoms with Gasteiger partial charge in [-0.1, -0.05) is 36.4 Å². The Kier molecular flexibility index (Phi) is 8.30. The first-order valence-corrected chi connectivity index (χ1v) is 10.6. The molecule has 7 nitrogen and oxygen atoms in total. The summed E-state index contributed by atoms with van der Waals surface area (Å²) in [6.45, 7) is 2.41. The Hall–Kier alpha value is -4.00. The van der Waals surface area contributed by atoms with Crippen molar-refractivity contribution in [2.75, 3.05) is 31.5 Å². The van der Waals surface area contributed by atoms with E-state index in [1.165, 1.54) is 14.2 Å². The lowest BCUT2D eigenvalue weighted by Crippen LogP contribution is -2.15. The molecule has 0 saturated heterocycles. The second-order valence-electron chi connectivity index (χ2n) is 7.34. The second kappa shape index (κ2) is 11.6. The van der Waals surface area contributed by atoms with Gasteiger partial charge in [0.05, 0.1) is 32.2 Å². The third kappa shape index (κ3) is 6.49. The summed E-state index contributed by atoms with van der Waals surface area (Å²) in [7, 11) is 2.99. The van der Waals surface area contributed by atoms with Crippen LogP contribution >= 0.6 is 0 Å². The third-order valence-electron chi connectivity index (χ3n) is 4.98. The van der Waals surface area contributed by atoms with E-state index in [0.29, 0.717) is 41.5 Å². The molecule has 0 aromatic heterocycles. The highest BCUT2D eigenvalue weighted by atomic mass is 16.5. The van der Waals surface area contributed by atoms with Crippen LogP contribution in [-0.4, -0.2) is 32.6 Å². The molecule has 172 valence electrons. The van der Waals surface area contributed by atoms with Crippen molar-refractivity contribution in [3.63, 3.8) is 0 Å². The molecular weight excluding hydrogens is 420 g/mol. The first kappa shape index (κ1) is 23.7. The Morgan fingerprint density at radius 1 is 0.788 bits per heavy atom. The van der Waals surface area contributed by atoms with Gasteiger partial charge < -0.3 is 24.8 Å². The number of ether oxygens (including phenoxy) is 3. The number of carbonyl (C=O) groups excluding carboxylic acids is 2. The summed E-state index contributed by atoms with van der Waals surface area (Å²) in [5.74, 6) is 1.17. The van der Waals surface area contributed by atoms with Gasteiger partial charge in [0.2, 0.25) is 5.91 Å². The summed E-state index contributed by atoms with van der Waals surface area (Å²) < 4.78 is 16.6. The molecule has 3 aromatic rings. The van der Waals surface area contributed by atoms with Crippen LogP contribution in [0, 0.1) is 6.92 Å². The lowest BCUT2D eigenvalue weighted by atomic mass is 10.2. The number of methoxy groups -OCH3 is 2. The van der Waals surface area contributed by atoms with E-state index in [1.807, 2.05) is 37.3 Å². The van der Waals surface area contributed by atoms with Crippen LogP contribution < -0.4 is 24.8 Å². The minimum atomic E-state index is -0.276. The van der Waals surface area contributed by atoms with Crippen LogP contribution in [0.15, 0.2) is 66.7 Å². The van der Waals surface area contributed by atoms with Crippen molar-refractivity contribution in [3.05, 3.63) is 77.9 Å². The average molecular weight is 449 g/mol. The quantitative estimate of drug-likeness (QED) is 0.423. The normalized spacial score (nSPS) is 10.3. The van der Waals surface area contributed by atoms with Gasteiger partial charge in [-0.2, -0.15) is 0 Å². The van der Waals surface area contributed by atoms with Crippen molar-refractivity contribution in [1.29, 1.82) is 0 Å². The van der Waals surface area contributed by atoms with Crippen LogP contribution in [0.4, 0.5) is 11.4 Å². The average Bonchev–Trinajstić information content (AvgIpc) is 2.84. The van der Waals surface area contributed by atoms with Crippen molar-refractivity contribution >= 4 is 23.2 Å². The monoisotopic (exact) mass is 448 g/mol. The predicted molar refractivity (Wildman–Crippen MR) is 128 cm³/mol. The molecule has 0 aliphatic carbocycles. The van der Waals surface area contributed by atoms with E-state index in [4.69, 9.17) is 14.2 Å². The molecule has 0 aliphatic rings. The highest BCUT2D eigenvalue weighted by Gasteiger charge is 2.16. The van der Waals surface area contributed by atoms with E-state index in [-0.39, 0.29) is 18.2 Å². The third-order valence-corrected chi connectivity index (χ3v) is 4.98. The molecule has 0 spiro atoms. The molecule has 0 aliphatic heterocycles. The van der Waals surface area contributed by atoms with Crippen molar-refractivity contribution in [1.82, 2.24) is 0 Å². The zero-order valence-electron chi connectivity index (χ0n) is 19.0. The number of aryl methyl sites for hydroxylation is 1. The molecule has 0 radical (unpaired) electrons. The summed E-state index contributed by atoms with van der Waals surface area (Å²) in [6, 6.07) is 19.9. The second-order valence-corrected chi connectivity index (χ2v) is 7.34. The molecular formula is C26H28N2O5. The lowest BCUT2D eigenvalue weighted by Gasteiger charge is -2.16. The van der Waals surface area contributed by atoms with Crippen molar-refractivity contribution < 1.29 is 23.8 Å². The van der Waals surface area contributed by atoms with Gasteiger partial charge in [-0.05, 0) is 37.1 Å². The fraction of sp³-hybridized carbons (Fsp3) is 0.231. The fourth-order valence-corrected chi connectivity index (χ4v) is 3.22. The van der Waals surface area contributed by atoms with Crippen LogP contribution in [0.2, 0.25) is 0 Å². The highest BCUT2D eigenvalue weighted by Crippen LogP contribution is 2.36. The van der Waals surface area contributed by atoms with Crippen LogP contribution in [0.5, 0.6) is 17.2 Å². The number of hydrogen-bond acceptors (Lipinski definition) is 5. The summed E-state index contributed by atoms with van der Waals surface area (Å²) in [5.41, 5.74) is 2.46. The predicted octanol–water partition coefficient (Wildman–Crippen LogP) is 5.06. The van der Waals surface area contributed by atoms with Crippen LogP contribution in [0.3, 0.4) is 0 Å². The first-order chi connectivity index (χ1) is 16.0. The smallest absolute Gasteiger partial charge is 0.255 e. The van der Waals surface area contributed by atoms with Gasteiger partial charge in [-0.25, -0.2) is 0 Å². The van der Waals surface area contributed by atoms with Crippen LogP contribution in [-0.2, 0) is 4.79 Å². The Morgan fingerprint density at radius 2 is 1.39 bits per heavy atom. The lowest BCUT2D eigenvalue weighted by molar-refractivity contribution is -0.116. The van der Waals surface area contributed by atoms with Crippen LogP contribution in [0.1, 0.15) is 28.8 Å². The molecule has 3 aromatic carbocycles. The molecule has 7 heteroatoms. The minimum absolute atomic E-state index is 0.176. The molecule has 2 N–H and O–H groups in total. The SMILES string of the molecule is COc1cc(NC(=O)c2ccccc2)c(OC)cc1NC(=O)CCCOc1ccccc1C. The van der Waals surface area contributed by atoms with E-state index in [2.05, 4.69) is 10.6 Å². The molecule has 0 saturated carbocycles. The Labute approximate surface area is 193 Å². The molecule has 2 amide bonds. The molecule has 3 rings (SSSR count). The number of para-hydroxylation sites is 1. The van der Waals surface area contributed by atoms with Gasteiger partial charge in [0.15, 0.2) is 0 Å². The molecule has 0 fully saturated rings. The van der Waals surface area contributed by atoms with Gasteiger partial charge in [0, 0.05) is 24.1 Å². The zero-order chi connectivity index (χ0) is 23.6. The number of rotatable bonds is 10. The van der Waals surface area contributed by atoms with Gasteiger partial charge >= 0.3 is 0 Å². The summed E-state index contributed by atoms with van der Waals surface area (Å²) in [4.78, 5) is 25.0. The number of nitrogens with one attached hydrogen (secondary N) is 2. The maximum Gasteiger partial charge on any atom is 0.255 e. The summed E-state index contributed by atoms with van der Waals surface area (Å²) in [5, 5.41) is 5.67. The summed E-state index contributed by atoms with van der Waals surface area (Å²) >= 11 is 0. The number of carbonyl (C=O) groups is 2. The van der Waals surface area contributed by atoms with Crippen molar-refractivity contribution in [2.45, 2.75) is 19.8 Å². The van der Waals surface area contributed by atoms with E-state index < -0.39 is 0 Å².